The highest BCUT2D eigenvalue weighted by Crippen LogP contribution is 2.64. The third-order valence-corrected chi connectivity index (χ3v) is 6.32. The lowest BCUT2D eigenvalue weighted by Crippen LogP contribution is -2.79. The number of allylic oxidation sites excluding steroid dienone is 1. The first-order chi connectivity index (χ1) is 12.3. The fraction of sp³-hybridized carbons (Fsp3) is 0.474. The van der Waals surface area contributed by atoms with Crippen LogP contribution in [0.5, 0.6) is 0 Å². The molecule has 7 nitrogen and oxygen atoms in total. The van der Waals surface area contributed by atoms with E-state index in [4.69, 9.17) is 4.84 Å². The predicted octanol–water partition coefficient (Wildman–Crippen LogP) is 0.895. The topological polar surface area (TPSA) is 82.1 Å². The van der Waals surface area contributed by atoms with Crippen LogP contribution in [0, 0.1) is 5.41 Å². The van der Waals surface area contributed by atoms with Gasteiger partial charge < -0.3 is 10.4 Å². The van der Waals surface area contributed by atoms with Gasteiger partial charge in [0, 0.05) is 0 Å². The number of nitrogens with one attached hydrogen (secondary N) is 1. The molecular weight excluding hydrogens is 334 g/mol. The Labute approximate surface area is 152 Å². The van der Waals surface area contributed by atoms with Crippen LogP contribution < -0.4 is 10.4 Å². The normalized spacial score (nSPS) is 32.8. The molecule has 1 aromatic carbocycles. The molecule has 2 fully saturated rings. The van der Waals surface area contributed by atoms with Gasteiger partial charge in [0.05, 0.1) is 18.2 Å². The number of hydroxylamine groups is 1. The first-order valence-corrected chi connectivity index (χ1v) is 8.65. The summed E-state index contributed by atoms with van der Waals surface area (Å²) >= 11 is 0. The Bertz CT molecular complexity index is 823. The summed E-state index contributed by atoms with van der Waals surface area (Å²) in [4.78, 5) is 32.4. The molecular formula is C19H23N3O4. The van der Waals surface area contributed by atoms with Gasteiger partial charge in [-0.3, -0.25) is 19.3 Å². The molecule has 2 N–H and O–H groups in total. The molecule has 0 aromatic heterocycles. The van der Waals surface area contributed by atoms with Gasteiger partial charge in [0.1, 0.15) is 12.6 Å². The van der Waals surface area contributed by atoms with Crippen molar-refractivity contribution in [3.8, 4) is 0 Å². The standard InChI is InChI=1S/C19H23N3O4/c1-5-17(2,3)18-10-14(23)16(25)21-11-15(24)20-19(18,21)22(26-4)13-9-7-6-8-12(13)18/h5-9,14,23H,1,10-11H2,2-4H3,(H,20,24)/t14-,18?,19+/m1/s1. The molecule has 3 aliphatic rings. The van der Waals surface area contributed by atoms with Crippen molar-refractivity contribution >= 4 is 17.5 Å². The van der Waals surface area contributed by atoms with Gasteiger partial charge in [0.15, 0.2) is 0 Å². The third-order valence-electron chi connectivity index (χ3n) is 6.32. The number of benzene rings is 1. The lowest BCUT2D eigenvalue weighted by atomic mass is 9.55. The highest BCUT2D eigenvalue weighted by Gasteiger charge is 2.77. The Morgan fingerprint density at radius 3 is 2.73 bits per heavy atom. The summed E-state index contributed by atoms with van der Waals surface area (Å²) in [5.41, 5.74) is 0.256. The number of aliphatic hydroxyl groups is 1. The molecule has 3 aliphatic heterocycles. The Kier molecular flexibility index (Phi) is 3.33. The van der Waals surface area contributed by atoms with Crippen LogP contribution in [0.25, 0.3) is 0 Å². The van der Waals surface area contributed by atoms with Crippen molar-refractivity contribution in [1.29, 1.82) is 0 Å². The Balaban J connectivity index is 2.13. The molecule has 0 aliphatic carbocycles. The zero-order valence-corrected chi connectivity index (χ0v) is 15.2. The smallest absolute Gasteiger partial charge is 0.255 e. The second-order valence-electron chi connectivity index (χ2n) is 7.69. The quantitative estimate of drug-likeness (QED) is 0.786. The summed E-state index contributed by atoms with van der Waals surface area (Å²) in [7, 11) is 1.51. The SMILES string of the molecule is C=CC(C)(C)C12C[C@@H](O)C(=O)N3CC(=O)N[C@]31N(OC)c1ccccc12. The molecule has 3 heterocycles. The highest BCUT2D eigenvalue weighted by molar-refractivity contribution is 5.95. The second-order valence-corrected chi connectivity index (χ2v) is 7.69. The van der Waals surface area contributed by atoms with Crippen molar-refractivity contribution < 1.29 is 19.5 Å². The average Bonchev–Trinajstić information content (AvgIpc) is 3.08. The molecule has 7 heteroatoms. The van der Waals surface area contributed by atoms with Crippen molar-refractivity contribution in [2.45, 2.75) is 37.6 Å². The fourth-order valence-corrected chi connectivity index (χ4v) is 5.11. The summed E-state index contributed by atoms with van der Waals surface area (Å²) in [6.07, 6.45) is 0.758. The Hall–Kier alpha value is -2.38. The van der Waals surface area contributed by atoms with E-state index in [0.29, 0.717) is 0 Å². The van der Waals surface area contributed by atoms with Crippen LogP contribution in [0.4, 0.5) is 5.69 Å². The monoisotopic (exact) mass is 357 g/mol. The van der Waals surface area contributed by atoms with E-state index in [9.17, 15) is 14.7 Å². The number of hydrogen-bond donors (Lipinski definition) is 2. The third kappa shape index (κ3) is 1.61. The van der Waals surface area contributed by atoms with Crippen molar-refractivity contribution in [2.75, 3.05) is 18.7 Å². The molecule has 0 bridgehead atoms. The number of para-hydroxylation sites is 1. The molecule has 2 saturated heterocycles. The van der Waals surface area contributed by atoms with Gasteiger partial charge in [-0.2, -0.15) is 0 Å². The van der Waals surface area contributed by atoms with E-state index in [1.807, 2.05) is 44.2 Å². The van der Waals surface area contributed by atoms with Crippen LogP contribution in [-0.2, 0) is 19.8 Å². The minimum absolute atomic E-state index is 0.126. The van der Waals surface area contributed by atoms with Crippen molar-refractivity contribution in [1.82, 2.24) is 10.2 Å². The molecule has 2 amide bonds. The maximum Gasteiger partial charge on any atom is 0.255 e. The predicted molar refractivity (Wildman–Crippen MR) is 94.8 cm³/mol. The lowest BCUT2D eigenvalue weighted by molar-refractivity contribution is -0.174. The molecule has 1 unspecified atom stereocenters. The average molecular weight is 357 g/mol. The van der Waals surface area contributed by atoms with Crippen LogP contribution in [0.2, 0.25) is 0 Å². The number of hydrogen-bond acceptors (Lipinski definition) is 5. The summed E-state index contributed by atoms with van der Waals surface area (Å²) in [6.45, 7) is 7.88. The number of carbonyl (C=O) groups is 2. The first-order valence-electron chi connectivity index (χ1n) is 8.65. The second kappa shape index (κ2) is 5.08. The van der Waals surface area contributed by atoms with Crippen LogP contribution in [0.15, 0.2) is 36.9 Å². The van der Waals surface area contributed by atoms with E-state index in [1.54, 1.807) is 5.06 Å². The number of nitrogens with zero attached hydrogens (tertiary/aromatic N) is 2. The van der Waals surface area contributed by atoms with Gasteiger partial charge in [-0.05, 0) is 23.5 Å². The van der Waals surface area contributed by atoms with Crippen molar-refractivity contribution in [3.05, 3.63) is 42.5 Å². The van der Waals surface area contributed by atoms with Crippen LogP contribution >= 0.6 is 0 Å². The molecule has 138 valence electrons. The molecule has 3 atom stereocenters. The van der Waals surface area contributed by atoms with E-state index >= 15 is 0 Å². The van der Waals surface area contributed by atoms with E-state index < -0.39 is 28.6 Å². The fourth-order valence-electron chi connectivity index (χ4n) is 5.11. The molecule has 0 saturated carbocycles. The van der Waals surface area contributed by atoms with E-state index in [1.165, 1.54) is 12.0 Å². The van der Waals surface area contributed by atoms with Crippen LogP contribution in [0.1, 0.15) is 25.8 Å². The van der Waals surface area contributed by atoms with Crippen LogP contribution in [-0.4, -0.2) is 47.4 Å². The number of anilines is 1. The van der Waals surface area contributed by atoms with Gasteiger partial charge in [0.25, 0.3) is 5.91 Å². The minimum atomic E-state index is -1.25. The van der Waals surface area contributed by atoms with Crippen molar-refractivity contribution in [2.24, 2.45) is 5.41 Å². The van der Waals surface area contributed by atoms with Gasteiger partial charge in [-0.25, -0.2) is 5.06 Å². The molecule has 26 heavy (non-hydrogen) atoms. The maximum atomic E-state index is 12.8. The molecule has 0 radical (unpaired) electrons. The summed E-state index contributed by atoms with van der Waals surface area (Å²) in [6, 6.07) is 7.65. The van der Waals surface area contributed by atoms with Crippen LogP contribution in [0.3, 0.4) is 0 Å². The number of carbonyl (C=O) groups excluding carboxylic acids is 2. The number of piperidine rings is 1. The zero-order chi connectivity index (χ0) is 18.9. The Morgan fingerprint density at radius 1 is 1.38 bits per heavy atom. The maximum absolute atomic E-state index is 12.8. The number of fused-ring (bicyclic) bond motifs is 2. The zero-order valence-electron chi connectivity index (χ0n) is 15.2. The number of aliphatic hydroxyl groups excluding tert-OH is 1. The molecule has 4 rings (SSSR count). The molecule has 1 spiro atoms. The van der Waals surface area contributed by atoms with E-state index in [-0.39, 0.29) is 18.9 Å². The Morgan fingerprint density at radius 2 is 2.08 bits per heavy atom. The largest absolute Gasteiger partial charge is 0.383 e. The summed E-state index contributed by atoms with van der Waals surface area (Å²) < 4.78 is 0. The van der Waals surface area contributed by atoms with Gasteiger partial charge >= 0.3 is 0 Å². The van der Waals surface area contributed by atoms with E-state index in [2.05, 4.69) is 11.9 Å². The van der Waals surface area contributed by atoms with Gasteiger partial charge in [-0.15, -0.1) is 6.58 Å². The summed E-state index contributed by atoms with van der Waals surface area (Å²) in [5, 5.41) is 15.3. The van der Waals surface area contributed by atoms with Gasteiger partial charge in [0.2, 0.25) is 11.7 Å². The lowest BCUT2D eigenvalue weighted by Gasteiger charge is -2.59. The number of amides is 2. The molecule has 1 aromatic rings. The van der Waals surface area contributed by atoms with Gasteiger partial charge in [-0.1, -0.05) is 38.1 Å². The van der Waals surface area contributed by atoms with Crippen molar-refractivity contribution in [3.63, 3.8) is 0 Å². The van der Waals surface area contributed by atoms with E-state index in [0.717, 1.165) is 11.3 Å². The summed E-state index contributed by atoms with van der Waals surface area (Å²) in [5.74, 6) is -2.02. The number of rotatable bonds is 3. The first kappa shape index (κ1) is 17.1. The highest BCUT2D eigenvalue weighted by atomic mass is 16.7. The minimum Gasteiger partial charge on any atom is -0.383 e.